The van der Waals surface area contributed by atoms with E-state index >= 15 is 0 Å². The summed E-state index contributed by atoms with van der Waals surface area (Å²) >= 11 is 0. The third-order valence-electron chi connectivity index (χ3n) is 4.18. The molecule has 1 aliphatic rings. The molecule has 4 nitrogen and oxygen atoms in total. The molecule has 0 radical (unpaired) electrons. The van der Waals surface area contributed by atoms with Crippen molar-refractivity contribution in [1.82, 2.24) is 5.32 Å². The van der Waals surface area contributed by atoms with Crippen molar-refractivity contribution < 1.29 is 9.84 Å². The zero-order valence-electron chi connectivity index (χ0n) is 11.8. The number of rotatable bonds is 5. The molecule has 19 heavy (non-hydrogen) atoms. The number of hydrogen-bond acceptors (Lipinski definition) is 4. The molecular weight excluding hydrogens is 240 g/mol. The molecule has 1 saturated heterocycles. The number of anilines is 1. The summed E-state index contributed by atoms with van der Waals surface area (Å²) in [5, 5.41) is 16.8. The molecular formula is C15H24N2O2. The van der Waals surface area contributed by atoms with Crippen LogP contribution < -0.4 is 15.4 Å². The Kier molecular flexibility index (Phi) is 4.66. The largest absolute Gasteiger partial charge is 0.497 e. The van der Waals surface area contributed by atoms with Crippen LogP contribution >= 0.6 is 0 Å². The van der Waals surface area contributed by atoms with Crippen LogP contribution in [0.5, 0.6) is 5.75 Å². The maximum atomic E-state index is 9.89. The highest BCUT2D eigenvalue weighted by Gasteiger charge is 2.39. The first-order valence-electron chi connectivity index (χ1n) is 6.98. The molecule has 1 aliphatic heterocycles. The summed E-state index contributed by atoms with van der Waals surface area (Å²) in [5.74, 6) is 1.29. The smallest absolute Gasteiger partial charge is 0.119 e. The fourth-order valence-electron chi connectivity index (χ4n) is 2.90. The molecule has 0 aromatic heterocycles. The summed E-state index contributed by atoms with van der Waals surface area (Å²) in [4.78, 5) is 0. The minimum absolute atomic E-state index is 0.166. The van der Waals surface area contributed by atoms with E-state index in [4.69, 9.17) is 4.74 Å². The Balaban J connectivity index is 2.15. The zero-order valence-corrected chi connectivity index (χ0v) is 11.8. The van der Waals surface area contributed by atoms with Crippen molar-refractivity contribution in [2.45, 2.75) is 25.3 Å². The molecule has 0 bridgehead atoms. The highest BCUT2D eigenvalue weighted by molar-refractivity contribution is 5.49. The first-order valence-corrected chi connectivity index (χ1v) is 6.98. The van der Waals surface area contributed by atoms with E-state index in [-0.39, 0.29) is 12.1 Å². The number of nitrogens with one attached hydrogen (secondary N) is 2. The molecule has 2 unspecified atom stereocenters. The molecule has 1 heterocycles. The molecule has 1 aromatic carbocycles. The van der Waals surface area contributed by atoms with Crippen LogP contribution in [0.2, 0.25) is 0 Å². The summed E-state index contributed by atoms with van der Waals surface area (Å²) in [5.41, 5.74) is 0.824. The van der Waals surface area contributed by atoms with Crippen LogP contribution in [-0.2, 0) is 0 Å². The molecule has 0 amide bonds. The van der Waals surface area contributed by atoms with Gasteiger partial charge in [-0.1, -0.05) is 6.92 Å². The Morgan fingerprint density at radius 3 is 2.74 bits per heavy atom. The third kappa shape index (κ3) is 3.01. The molecule has 2 atom stereocenters. The fraction of sp³-hybridized carbons (Fsp3) is 0.600. The first kappa shape index (κ1) is 14.2. The average molecular weight is 264 g/mol. The van der Waals surface area contributed by atoms with Crippen molar-refractivity contribution in [3.63, 3.8) is 0 Å². The molecule has 0 aliphatic carbocycles. The van der Waals surface area contributed by atoms with Gasteiger partial charge in [0.05, 0.1) is 19.3 Å². The van der Waals surface area contributed by atoms with Crippen LogP contribution in [0.3, 0.4) is 0 Å². The number of aliphatic hydroxyl groups is 1. The molecule has 1 aromatic rings. The zero-order chi connectivity index (χ0) is 13.7. The van der Waals surface area contributed by atoms with E-state index in [9.17, 15) is 5.11 Å². The Bertz CT molecular complexity index is 394. The van der Waals surface area contributed by atoms with Gasteiger partial charge in [-0.25, -0.2) is 0 Å². The van der Waals surface area contributed by atoms with E-state index in [0.717, 1.165) is 37.4 Å². The summed E-state index contributed by atoms with van der Waals surface area (Å²) in [6.45, 7) is 4.25. The second kappa shape index (κ2) is 6.26. The minimum Gasteiger partial charge on any atom is -0.497 e. The van der Waals surface area contributed by atoms with Crippen molar-refractivity contribution in [3.05, 3.63) is 24.3 Å². The molecule has 3 N–H and O–H groups in total. The van der Waals surface area contributed by atoms with Crippen molar-refractivity contribution in [3.8, 4) is 5.75 Å². The predicted molar refractivity (Wildman–Crippen MR) is 77.7 cm³/mol. The molecule has 4 heteroatoms. The maximum Gasteiger partial charge on any atom is 0.119 e. The van der Waals surface area contributed by atoms with Gasteiger partial charge in [0.25, 0.3) is 0 Å². The number of piperidine rings is 1. The Hall–Kier alpha value is -1.26. The lowest BCUT2D eigenvalue weighted by Gasteiger charge is -2.44. The van der Waals surface area contributed by atoms with Gasteiger partial charge in [0, 0.05) is 12.2 Å². The predicted octanol–water partition coefficient (Wildman–Crippen LogP) is 1.86. The maximum absolute atomic E-state index is 9.89. The van der Waals surface area contributed by atoms with Crippen LogP contribution in [0.4, 0.5) is 5.69 Å². The summed E-state index contributed by atoms with van der Waals surface area (Å²) in [6.07, 6.45) is 1.99. The minimum atomic E-state index is -0.214. The molecule has 2 rings (SSSR count). The van der Waals surface area contributed by atoms with E-state index in [2.05, 4.69) is 17.6 Å². The van der Waals surface area contributed by atoms with E-state index in [1.807, 2.05) is 24.3 Å². The van der Waals surface area contributed by atoms with E-state index in [1.165, 1.54) is 0 Å². The number of ether oxygens (including phenoxy) is 1. The van der Waals surface area contributed by atoms with Crippen molar-refractivity contribution in [2.24, 2.45) is 5.92 Å². The second-order valence-electron chi connectivity index (χ2n) is 5.23. The van der Waals surface area contributed by atoms with Crippen LogP contribution in [0.15, 0.2) is 24.3 Å². The number of benzene rings is 1. The summed E-state index contributed by atoms with van der Waals surface area (Å²) in [7, 11) is 1.66. The van der Waals surface area contributed by atoms with Crippen LogP contribution in [0, 0.1) is 5.92 Å². The number of hydrogen-bond donors (Lipinski definition) is 3. The number of aliphatic hydroxyl groups excluding tert-OH is 1. The fourth-order valence-corrected chi connectivity index (χ4v) is 2.90. The van der Waals surface area contributed by atoms with Crippen molar-refractivity contribution >= 4 is 5.69 Å². The lowest BCUT2D eigenvalue weighted by Crippen LogP contribution is -2.57. The highest BCUT2D eigenvalue weighted by Crippen LogP contribution is 2.31. The Morgan fingerprint density at radius 1 is 1.42 bits per heavy atom. The van der Waals surface area contributed by atoms with Gasteiger partial charge < -0.3 is 20.5 Å². The van der Waals surface area contributed by atoms with Gasteiger partial charge >= 0.3 is 0 Å². The second-order valence-corrected chi connectivity index (χ2v) is 5.23. The topological polar surface area (TPSA) is 53.5 Å². The number of methoxy groups -OCH3 is 1. The lowest BCUT2D eigenvalue weighted by atomic mass is 9.77. The van der Waals surface area contributed by atoms with Gasteiger partial charge in [-0.15, -0.1) is 0 Å². The van der Waals surface area contributed by atoms with Crippen LogP contribution in [-0.4, -0.2) is 37.5 Å². The lowest BCUT2D eigenvalue weighted by molar-refractivity contribution is 0.124. The first-order chi connectivity index (χ1) is 9.24. The highest BCUT2D eigenvalue weighted by atomic mass is 16.5. The van der Waals surface area contributed by atoms with Crippen molar-refractivity contribution in [2.75, 3.05) is 32.1 Å². The van der Waals surface area contributed by atoms with E-state index < -0.39 is 0 Å². The molecule has 106 valence electrons. The average Bonchev–Trinajstić information content (AvgIpc) is 2.48. The standard InChI is InChI=1S/C15H24N2O2/c1-3-12-10-16-9-8-15(12,11-18)17-13-4-6-14(19-2)7-5-13/h4-7,12,16-18H,3,8-11H2,1-2H3. The quantitative estimate of drug-likeness (QED) is 0.760. The van der Waals surface area contributed by atoms with Gasteiger partial charge in [-0.2, -0.15) is 0 Å². The monoisotopic (exact) mass is 264 g/mol. The normalized spacial score (nSPS) is 27.0. The van der Waals surface area contributed by atoms with Gasteiger partial charge in [-0.05, 0) is 49.6 Å². The van der Waals surface area contributed by atoms with Gasteiger partial charge in [0.1, 0.15) is 5.75 Å². The molecule has 1 fully saturated rings. The van der Waals surface area contributed by atoms with Crippen molar-refractivity contribution in [1.29, 1.82) is 0 Å². The van der Waals surface area contributed by atoms with Gasteiger partial charge in [0.15, 0.2) is 0 Å². The SMILES string of the molecule is CCC1CNCCC1(CO)Nc1ccc(OC)cc1. The van der Waals surface area contributed by atoms with E-state index in [1.54, 1.807) is 7.11 Å². The summed E-state index contributed by atoms with van der Waals surface area (Å²) in [6, 6.07) is 7.89. The van der Waals surface area contributed by atoms with Gasteiger partial charge in [0.2, 0.25) is 0 Å². The van der Waals surface area contributed by atoms with Crippen LogP contribution in [0.25, 0.3) is 0 Å². The Morgan fingerprint density at radius 2 is 2.16 bits per heavy atom. The van der Waals surface area contributed by atoms with Crippen LogP contribution in [0.1, 0.15) is 19.8 Å². The van der Waals surface area contributed by atoms with Gasteiger partial charge in [-0.3, -0.25) is 0 Å². The molecule has 0 spiro atoms. The third-order valence-corrected chi connectivity index (χ3v) is 4.18. The summed E-state index contributed by atoms with van der Waals surface area (Å²) < 4.78 is 5.17. The molecule has 0 saturated carbocycles. The van der Waals surface area contributed by atoms with E-state index in [0.29, 0.717) is 5.92 Å². The Labute approximate surface area is 115 Å².